The van der Waals surface area contributed by atoms with Crippen molar-refractivity contribution in [2.24, 2.45) is 0 Å². The highest BCUT2D eigenvalue weighted by Crippen LogP contribution is 2.27. The molecule has 3 aromatic heterocycles. The summed E-state index contributed by atoms with van der Waals surface area (Å²) in [6, 6.07) is 22.1. The van der Waals surface area contributed by atoms with Crippen molar-refractivity contribution in [1.82, 2.24) is 14.7 Å². The summed E-state index contributed by atoms with van der Waals surface area (Å²) in [4.78, 5) is 31.5. The Hall–Kier alpha value is -4.92. The van der Waals surface area contributed by atoms with Gasteiger partial charge < -0.3 is 20.5 Å². The molecule has 0 bridgehead atoms. The van der Waals surface area contributed by atoms with Crippen LogP contribution in [0.4, 0.5) is 5.82 Å². The number of aromatic nitrogens is 3. The van der Waals surface area contributed by atoms with Crippen LogP contribution in [0.5, 0.6) is 11.5 Å². The van der Waals surface area contributed by atoms with Crippen LogP contribution in [0.1, 0.15) is 21.5 Å². The molecule has 0 aliphatic heterocycles. The van der Waals surface area contributed by atoms with E-state index in [1.807, 2.05) is 54.6 Å². The number of nitrogens with one attached hydrogen (secondary N) is 1. The summed E-state index contributed by atoms with van der Waals surface area (Å²) in [5.74, 6) is 1.11. The number of anilines is 1. The molecule has 5 rings (SSSR count). The first-order valence-corrected chi connectivity index (χ1v) is 12.2. The highest BCUT2D eigenvalue weighted by Gasteiger charge is 2.24. The maximum Gasteiger partial charge on any atom is 0.278 e. The maximum absolute atomic E-state index is 13.4. The summed E-state index contributed by atoms with van der Waals surface area (Å²) in [6.45, 7) is 0.713. The molecule has 1 amide bonds. The minimum Gasteiger partial charge on any atom is -0.493 e. The molecule has 0 fully saturated rings. The fraction of sp³-hybridized carbons (Fsp3) is 0.172. The van der Waals surface area contributed by atoms with Crippen LogP contribution < -0.4 is 30.7 Å². The number of hydrogen-bond donors (Lipinski definition) is 2. The van der Waals surface area contributed by atoms with E-state index in [1.54, 1.807) is 37.1 Å². The predicted molar refractivity (Wildman–Crippen MR) is 144 cm³/mol. The molecule has 3 heterocycles. The Morgan fingerprint density at radius 1 is 0.974 bits per heavy atom. The van der Waals surface area contributed by atoms with Gasteiger partial charge in [0.05, 0.1) is 20.8 Å². The predicted octanol–water partition coefficient (Wildman–Crippen LogP) is 2.91. The molecule has 3 N–H and O–H groups in total. The number of ether oxygens (including phenoxy) is 2. The number of nitrogens with zero attached hydrogens (tertiary/aromatic N) is 3. The van der Waals surface area contributed by atoms with Gasteiger partial charge in [0.15, 0.2) is 11.5 Å². The van der Waals surface area contributed by atoms with Gasteiger partial charge in [-0.3, -0.25) is 14.0 Å². The lowest BCUT2D eigenvalue weighted by Crippen LogP contribution is -2.43. The Morgan fingerprint density at radius 3 is 2.50 bits per heavy atom. The van der Waals surface area contributed by atoms with Crippen LogP contribution >= 0.6 is 0 Å². The van der Waals surface area contributed by atoms with E-state index >= 15 is 0 Å². The van der Waals surface area contributed by atoms with Crippen LogP contribution in [-0.4, -0.2) is 29.5 Å². The van der Waals surface area contributed by atoms with Gasteiger partial charge in [-0.25, -0.2) is 4.57 Å². The van der Waals surface area contributed by atoms with E-state index in [4.69, 9.17) is 20.2 Å². The van der Waals surface area contributed by atoms with Crippen LogP contribution in [-0.2, 0) is 19.5 Å². The zero-order valence-electron chi connectivity index (χ0n) is 21.2. The van der Waals surface area contributed by atoms with Crippen molar-refractivity contribution >= 4 is 28.4 Å². The standard InChI is InChI=1S/C29H27N5O4/c1-37-23-12-11-19(16-24(23)38-2)13-15-34-26(30)21(28(35)31-18-20-8-4-3-5-9-20)17-22-27(34)32-25-10-6-7-14-33(25)29(22)36/h3-12,14,16-17,30H,13,15,18H2,1-2H3,(H,31,35)/p+1. The number of rotatable bonds is 8. The monoisotopic (exact) mass is 510 g/mol. The number of pyridine rings is 2. The van der Waals surface area contributed by atoms with E-state index in [-0.39, 0.29) is 22.8 Å². The SMILES string of the molecule is COc1ccc(CC[n+]2c(N)c(C(=O)NCc3ccccc3)cc3c(=O)n4ccccc4nc32)cc1OC. The Bertz CT molecular complexity index is 1700. The van der Waals surface area contributed by atoms with Crippen LogP contribution in [0.3, 0.4) is 0 Å². The fourth-order valence-electron chi connectivity index (χ4n) is 4.46. The van der Waals surface area contributed by atoms with Crippen molar-refractivity contribution in [3.8, 4) is 11.5 Å². The van der Waals surface area contributed by atoms with E-state index in [0.717, 1.165) is 11.1 Å². The van der Waals surface area contributed by atoms with Crippen LogP contribution in [0, 0.1) is 0 Å². The molecule has 0 spiro atoms. The van der Waals surface area contributed by atoms with Crippen molar-refractivity contribution in [2.75, 3.05) is 20.0 Å². The first-order valence-electron chi connectivity index (χ1n) is 12.2. The molecule has 2 aromatic carbocycles. The summed E-state index contributed by atoms with van der Waals surface area (Å²) in [7, 11) is 3.17. The van der Waals surface area contributed by atoms with Crippen LogP contribution in [0.15, 0.2) is 83.8 Å². The van der Waals surface area contributed by atoms with Crippen LogP contribution in [0.25, 0.3) is 16.7 Å². The Labute approximate surface area is 219 Å². The smallest absolute Gasteiger partial charge is 0.278 e. The summed E-state index contributed by atoms with van der Waals surface area (Å²) < 4.78 is 14.0. The second-order valence-electron chi connectivity index (χ2n) is 8.79. The third-order valence-electron chi connectivity index (χ3n) is 6.47. The Morgan fingerprint density at radius 2 is 1.74 bits per heavy atom. The number of carbonyl (C=O) groups excluding carboxylic acids is 1. The molecule has 5 aromatic rings. The van der Waals surface area contributed by atoms with Gasteiger partial charge >= 0.3 is 0 Å². The van der Waals surface area contributed by atoms with Crippen molar-refractivity contribution in [1.29, 1.82) is 0 Å². The maximum atomic E-state index is 13.4. The molecule has 0 aliphatic carbocycles. The lowest BCUT2D eigenvalue weighted by atomic mass is 10.1. The quantitative estimate of drug-likeness (QED) is 0.245. The van der Waals surface area contributed by atoms with E-state index in [1.165, 1.54) is 10.5 Å². The number of nitrogens with two attached hydrogens (primary N) is 1. The molecule has 192 valence electrons. The Kier molecular flexibility index (Phi) is 6.90. The molecular formula is C29H28N5O4+. The molecular weight excluding hydrogens is 482 g/mol. The largest absolute Gasteiger partial charge is 0.493 e. The number of fused-ring (bicyclic) bond motifs is 2. The van der Waals surface area contributed by atoms with Gasteiger partial charge in [-0.2, -0.15) is 0 Å². The molecule has 0 aliphatic rings. The summed E-state index contributed by atoms with van der Waals surface area (Å²) in [6.07, 6.45) is 2.21. The van der Waals surface area contributed by atoms with Gasteiger partial charge in [0.25, 0.3) is 17.1 Å². The molecule has 9 heteroatoms. The molecule has 0 saturated carbocycles. The molecule has 0 unspecified atom stereocenters. The molecule has 0 radical (unpaired) electrons. The van der Waals surface area contributed by atoms with Crippen LogP contribution in [0.2, 0.25) is 0 Å². The topological polar surface area (TPSA) is 112 Å². The van der Waals surface area contributed by atoms with Gasteiger partial charge in [-0.1, -0.05) is 47.4 Å². The number of aryl methyl sites for hydroxylation is 2. The summed E-state index contributed by atoms with van der Waals surface area (Å²) in [5.41, 5.74) is 9.36. The van der Waals surface area contributed by atoms with E-state index in [0.29, 0.717) is 47.7 Å². The number of amides is 1. The van der Waals surface area contributed by atoms with E-state index < -0.39 is 0 Å². The second kappa shape index (κ2) is 10.6. The Balaban J connectivity index is 1.58. The third-order valence-corrected chi connectivity index (χ3v) is 6.47. The van der Waals surface area contributed by atoms with Gasteiger partial charge in [-0.05, 0) is 41.5 Å². The minimum atomic E-state index is -0.370. The van der Waals surface area contributed by atoms with Crippen molar-refractivity contribution in [2.45, 2.75) is 19.5 Å². The lowest BCUT2D eigenvalue weighted by molar-refractivity contribution is -0.658. The first-order chi connectivity index (χ1) is 18.5. The molecule has 9 nitrogen and oxygen atoms in total. The zero-order chi connectivity index (χ0) is 26.6. The second-order valence-corrected chi connectivity index (χ2v) is 8.79. The molecule has 0 atom stereocenters. The van der Waals surface area contributed by atoms with Gasteiger partial charge in [0.2, 0.25) is 11.5 Å². The van der Waals surface area contributed by atoms with Crippen molar-refractivity contribution < 1.29 is 18.8 Å². The number of hydrogen-bond acceptors (Lipinski definition) is 6. The number of carbonyl (C=O) groups is 1. The van der Waals surface area contributed by atoms with Gasteiger partial charge in [0.1, 0.15) is 10.9 Å². The zero-order valence-corrected chi connectivity index (χ0v) is 21.2. The van der Waals surface area contributed by atoms with Gasteiger partial charge in [-0.15, -0.1) is 0 Å². The van der Waals surface area contributed by atoms with Crippen molar-refractivity contribution in [3.05, 3.63) is 106 Å². The van der Waals surface area contributed by atoms with Gasteiger partial charge in [0, 0.05) is 19.2 Å². The third kappa shape index (κ3) is 4.73. The average molecular weight is 511 g/mol. The van der Waals surface area contributed by atoms with E-state index in [9.17, 15) is 9.59 Å². The highest BCUT2D eigenvalue weighted by molar-refractivity contribution is 6.00. The summed E-state index contributed by atoms with van der Waals surface area (Å²) >= 11 is 0. The molecule has 38 heavy (non-hydrogen) atoms. The molecule has 0 saturated heterocycles. The summed E-state index contributed by atoms with van der Waals surface area (Å²) in [5, 5.41) is 3.22. The number of nitrogen functional groups attached to an aromatic ring is 1. The van der Waals surface area contributed by atoms with Crippen molar-refractivity contribution in [3.63, 3.8) is 0 Å². The average Bonchev–Trinajstić information content (AvgIpc) is 2.96. The highest BCUT2D eigenvalue weighted by atomic mass is 16.5. The number of benzene rings is 2. The van der Waals surface area contributed by atoms with E-state index in [2.05, 4.69) is 5.32 Å². The minimum absolute atomic E-state index is 0.218. The fourth-order valence-corrected chi connectivity index (χ4v) is 4.46. The lowest BCUT2D eigenvalue weighted by Gasteiger charge is -2.13. The normalized spacial score (nSPS) is 11.0. The number of methoxy groups -OCH3 is 2. The first kappa shape index (κ1) is 24.8.